The second-order valence-corrected chi connectivity index (χ2v) is 7.90. The summed E-state index contributed by atoms with van der Waals surface area (Å²) in [4.78, 5) is 12.9. The average molecular weight is 398 g/mol. The van der Waals surface area contributed by atoms with E-state index >= 15 is 0 Å². The number of amides is 1. The number of aromatic nitrogens is 2. The molecule has 0 bridgehead atoms. The summed E-state index contributed by atoms with van der Waals surface area (Å²) >= 11 is 12.6. The molecule has 1 aromatic heterocycles. The largest absolute Gasteiger partial charge is 0.321 e. The predicted octanol–water partition coefficient (Wildman–Crippen LogP) is 4.26. The number of nitrogens with one attached hydrogen (secondary N) is 1. The van der Waals surface area contributed by atoms with E-state index in [0.29, 0.717) is 20.6 Å². The number of carbonyl (C=O) groups is 1. The van der Waals surface area contributed by atoms with E-state index in [1.165, 1.54) is 0 Å². The molecule has 0 aliphatic rings. The number of nitrogens with zero attached hydrogens (tertiary/aromatic N) is 2. The van der Waals surface area contributed by atoms with E-state index in [-0.39, 0.29) is 9.90 Å². The SMILES string of the molecule is O=C(Nc1ccc(Cl)cc1)c1nnsc1S(=O)c1ccc(Cl)cc1. The van der Waals surface area contributed by atoms with Gasteiger partial charge in [0.25, 0.3) is 5.91 Å². The maximum Gasteiger partial charge on any atom is 0.278 e. The lowest BCUT2D eigenvalue weighted by molar-refractivity contribution is 0.101. The molecule has 2 aromatic carbocycles. The van der Waals surface area contributed by atoms with Gasteiger partial charge >= 0.3 is 0 Å². The molecule has 0 saturated heterocycles. The number of halogens is 2. The topological polar surface area (TPSA) is 72.0 Å². The minimum Gasteiger partial charge on any atom is -0.321 e. The van der Waals surface area contributed by atoms with Gasteiger partial charge in [0.1, 0.15) is 0 Å². The first-order valence-electron chi connectivity index (χ1n) is 6.61. The average Bonchev–Trinajstić information content (AvgIpc) is 3.07. The Bertz CT molecular complexity index is 896. The van der Waals surface area contributed by atoms with E-state index in [9.17, 15) is 9.00 Å². The van der Waals surface area contributed by atoms with E-state index < -0.39 is 16.7 Å². The van der Waals surface area contributed by atoms with Gasteiger partial charge in [0, 0.05) is 20.6 Å². The summed E-state index contributed by atoms with van der Waals surface area (Å²) < 4.78 is 16.7. The van der Waals surface area contributed by atoms with Crippen molar-refractivity contribution in [3.05, 3.63) is 64.3 Å². The third-order valence-corrected chi connectivity index (χ3v) is 5.91. The lowest BCUT2D eigenvalue weighted by atomic mass is 10.3. The molecule has 1 heterocycles. The van der Waals surface area contributed by atoms with Crippen molar-refractivity contribution in [2.75, 3.05) is 5.32 Å². The summed E-state index contributed by atoms with van der Waals surface area (Å²) in [7, 11) is -1.56. The van der Waals surface area contributed by atoms with Crippen LogP contribution in [0.5, 0.6) is 0 Å². The van der Waals surface area contributed by atoms with Crippen LogP contribution in [-0.2, 0) is 10.8 Å². The molecule has 1 atom stereocenters. The van der Waals surface area contributed by atoms with Gasteiger partial charge in [-0.15, -0.1) is 5.10 Å². The van der Waals surface area contributed by atoms with Crippen molar-refractivity contribution in [3.8, 4) is 0 Å². The Balaban J connectivity index is 1.84. The molecular weight excluding hydrogens is 389 g/mol. The molecule has 0 fully saturated rings. The Hall–Kier alpha value is -1.80. The van der Waals surface area contributed by atoms with Gasteiger partial charge in [-0.25, -0.2) is 4.21 Å². The van der Waals surface area contributed by atoms with Gasteiger partial charge < -0.3 is 5.32 Å². The molecule has 0 aliphatic carbocycles. The van der Waals surface area contributed by atoms with Crippen LogP contribution in [0, 0.1) is 0 Å². The molecule has 0 radical (unpaired) electrons. The lowest BCUT2D eigenvalue weighted by Crippen LogP contribution is -2.14. The highest BCUT2D eigenvalue weighted by atomic mass is 35.5. The molecule has 24 heavy (non-hydrogen) atoms. The van der Waals surface area contributed by atoms with Crippen molar-refractivity contribution in [2.24, 2.45) is 0 Å². The minimum atomic E-state index is -1.56. The number of benzene rings is 2. The second kappa shape index (κ2) is 7.40. The molecule has 3 aromatic rings. The molecule has 9 heteroatoms. The number of hydrogen-bond donors (Lipinski definition) is 1. The van der Waals surface area contributed by atoms with Gasteiger partial charge in [-0.3, -0.25) is 4.79 Å². The highest BCUT2D eigenvalue weighted by Gasteiger charge is 2.22. The summed E-state index contributed by atoms with van der Waals surface area (Å²) in [6.07, 6.45) is 0. The first-order chi connectivity index (χ1) is 11.5. The van der Waals surface area contributed by atoms with E-state index in [1.807, 2.05) is 0 Å². The van der Waals surface area contributed by atoms with Crippen LogP contribution in [0.25, 0.3) is 0 Å². The van der Waals surface area contributed by atoms with Crippen LogP contribution < -0.4 is 5.32 Å². The molecule has 3 rings (SSSR count). The fourth-order valence-corrected chi connectivity index (χ4v) is 4.07. The van der Waals surface area contributed by atoms with Crippen LogP contribution in [-0.4, -0.2) is 19.7 Å². The van der Waals surface area contributed by atoms with Gasteiger partial charge in [0.2, 0.25) is 0 Å². The fourth-order valence-electron chi connectivity index (χ4n) is 1.83. The number of hydrogen-bond acceptors (Lipinski definition) is 5. The summed E-state index contributed by atoms with van der Waals surface area (Å²) in [5.41, 5.74) is 0.587. The minimum absolute atomic E-state index is 0.0308. The summed E-state index contributed by atoms with van der Waals surface area (Å²) in [5, 5.41) is 7.59. The molecule has 0 aliphatic heterocycles. The van der Waals surface area contributed by atoms with Crippen LogP contribution in [0.1, 0.15) is 10.5 Å². The fraction of sp³-hybridized carbons (Fsp3) is 0. The molecule has 1 unspecified atom stereocenters. The van der Waals surface area contributed by atoms with Crippen molar-refractivity contribution < 1.29 is 9.00 Å². The van der Waals surface area contributed by atoms with Crippen LogP contribution >= 0.6 is 34.7 Å². The Kier molecular flexibility index (Phi) is 5.25. The van der Waals surface area contributed by atoms with Gasteiger partial charge in [-0.1, -0.05) is 27.7 Å². The zero-order valence-electron chi connectivity index (χ0n) is 11.9. The summed E-state index contributed by atoms with van der Waals surface area (Å²) in [6, 6.07) is 13.2. The predicted molar refractivity (Wildman–Crippen MR) is 95.4 cm³/mol. The molecule has 122 valence electrons. The summed E-state index contributed by atoms with van der Waals surface area (Å²) in [5.74, 6) is -0.483. The van der Waals surface area contributed by atoms with Gasteiger partial charge in [-0.2, -0.15) is 0 Å². The van der Waals surface area contributed by atoms with Crippen LogP contribution in [0.3, 0.4) is 0 Å². The zero-order valence-corrected chi connectivity index (χ0v) is 15.0. The third kappa shape index (κ3) is 3.81. The monoisotopic (exact) mass is 397 g/mol. The molecule has 0 saturated carbocycles. The molecule has 1 N–H and O–H groups in total. The van der Waals surface area contributed by atoms with Crippen molar-refractivity contribution >= 4 is 57.1 Å². The molecule has 0 spiro atoms. The van der Waals surface area contributed by atoms with Gasteiger partial charge in [-0.05, 0) is 60.1 Å². The zero-order chi connectivity index (χ0) is 17.1. The highest BCUT2D eigenvalue weighted by Crippen LogP contribution is 2.24. The first kappa shape index (κ1) is 17.0. The van der Waals surface area contributed by atoms with Crippen molar-refractivity contribution in [1.29, 1.82) is 0 Å². The maximum absolute atomic E-state index is 12.6. The first-order valence-corrected chi connectivity index (χ1v) is 9.29. The standard InChI is InChI=1S/C15H9Cl2N3O2S2/c16-9-1-5-11(6-2-9)18-14(21)13-15(23-20-19-13)24(22)12-7-3-10(17)4-8-12/h1-8H,(H,18,21). The second-order valence-electron chi connectivity index (χ2n) is 4.59. The van der Waals surface area contributed by atoms with Gasteiger partial charge in [0.05, 0.1) is 10.8 Å². The number of rotatable bonds is 4. The molecule has 1 amide bonds. The normalized spacial score (nSPS) is 11.9. The van der Waals surface area contributed by atoms with E-state index in [0.717, 1.165) is 11.5 Å². The smallest absolute Gasteiger partial charge is 0.278 e. The van der Waals surface area contributed by atoms with Crippen LogP contribution in [0.15, 0.2) is 57.6 Å². The van der Waals surface area contributed by atoms with Crippen LogP contribution in [0.4, 0.5) is 5.69 Å². The quantitative estimate of drug-likeness (QED) is 0.713. The Morgan fingerprint density at radius 2 is 1.58 bits per heavy atom. The summed E-state index contributed by atoms with van der Waals surface area (Å²) in [6.45, 7) is 0. The van der Waals surface area contributed by atoms with Crippen molar-refractivity contribution in [3.63, 3.8) is 0 Å². The van der Waals surface area contributed by atoms with Crippen molar-refractivity contribution in [2.45, 2.75) is 9.10 Å². The van der Waals surface area contributed by atoms with E-state index in [1.54, 1.807) is 48.5 Å². The van der Waals surface area contributed by atoms with Crippen molar-refractivity contribution in [1.82, 2.24) is 9.59 Å². The van der Waals surface area contributed by atoms with E-state index in [2.05, 4.69) is 14.9 Å². The maximum atomic E-state index is 12.6. The van der Waals surface area contributed by atoms with E-state index in [4.69, 9.17) is 23.2 Å². The third-order valence-electron chi connectivity index (χ3n) is 2.97. The Morgan fingerprint density at radius 3 is 2.21 bits per heavy atom. The molecular formula is C15H9Cl2N3O2S2. The Labute approximate surface area is 154 Å². The lowest BCUT2D eigenvalue weighted by Gasteiger charge is -2.05. The number of carbonyl (C=O) groups excluding carboxylic acids is 1. The molecule has 5 nitrogen and oxygen atoms in total. The van der Waals surface area contributed by atoms with Gasteiger partial charge in [0.15, 0.2) is 9.90 Å². The highest BCUT2D eigenvalue weighted by molar-refractivity contribution is 7.87. The van der Waals surface area contributed by atoms with Crippen LogP contribution in [0.2, 0.25) is 10.0 Å². The number of anilines is 1. The Morgan fingerprint density at radius 1 is 1.00 bits per heavy atom.